The first-order valence-electron chi connectivity index (χ1n) is 8.60. The molecule has 1 N–H and O–H groups in total. The van der Waals surface area contributed by atoms with Crippen LogP contribution in [-0.4, -0.2) is 30.9 Å². The van der Waals surface area contributed by atoms with Gasteiger partial charge in [0.15, 0.2) is 0 Å². The Kier molecular flexibility index (Phi) is 5.90. The Balaban J connectivity index is 1.69. The Labute approximate surface area is 158 Å². The summed E-state index contributed by atoms with van der Waals surface area (Å²) in [4.78, 5) is 13.1. The van der Waals surface area contributed by atoms with E-state index in [9.17, 15) is 13.2 Å². The minimum Gasteiger partial charge on any atom is -0.323 e. The number of carbonyl (C=O) groups excluding carboxylic acids is 1. The largest absolute Gasteiger partial charge is 0.323 e. The molecule has 0 radical (unpaired) electrons. The summed E-state index contributed by atoms with van der Waals surface area (Å²) in [5.41, 5.74) is 2.77. The lowest BCUT2D eigenvalue weighted by Crippen LogP contribution is -2.37. The zero-order valence-electron chi connectivity index (χ0n) is 14.6. The number of hydrogen-bond acceptors (Lipinski definition) is 4. The first kappa shape index (κ1) is 18.8. The Morgan fingerprint density at radius 2 is 2.15 bits per heavy atom. The van der Waals surface area contributed by atoms with Gasteiger partial charge in [-0.15, -0.1) is 11.3 Å². The molecule has 0 spiro atoms. The summed E-state index contributed by atoms with van der Waals surface area (Å²) in [6.45, 7) is 2.75. The van der Waals surface area contributed by atoms with Crippen molar-refractivity contribution in [2.75, 3.05) is 17.6 Å². The molecule has 0 unspecified atom stereocenters. The van der Waals surface area contributed by atoms with Gasteiger partial charge >= 0.3 is 0 Å². The number of sulfonamides is 1. The second-order valence-electron chi connectivity index (χ2n) is 6.22. The van der Waals surface area contributed by atoms with E-state index in [1.807, 2.05) is 42.6 Å². The molecule has 0 atom stereocenters. The molecule has 0 saturated heterocycles. The second-order valence-corrected chi connectivity index (χ2v) is 9.29. The molecule has 1 aliphatic rings. The maximum Gasteiger partial charge on any atom is 0.248 e. The van der Waals surface area contributed by atoms with E-state index in [2.05, 4.69) is 5.32 Å². The van der Waals surface area contributed by atoms with Gasteiger partial charge in [-0.2, -0.15) is 4.31 Å². The number of thiophene rings is 1. The molecule has 1 amide bonds. The fraction of sp³-hybridized carbons (Fsp3) is 0.316. The number of benzene rings is 1. The Bertz CT molecular complexity index is 903. The average molecular weight is 391 g/mol. The highest BCUT2D eigenvalue weighted by molar-refractivity contribution is 7.89. The van der Waals surface area contributed by atoms with Crippen molar-refractivity contribution in [2.45, 2.75) is 26.3 Å². The summed E-state index contributed by atoms with van der Waals surface area (Å²) in [5.74, 6) is -0.0312. The van der Waals surface area contributed by atoms with Crippen LogP contribution >= 0.6 is 11.3 Å². The van der Waals surface area contributed by atoms with Gasteiger partial charge in [0.25, 0.3) is 0 Å². The van der Waals surface area contributed by atoms with Gasteiger partial charge in [0.2, 0.25) is 15.9 Å². The lowest BCUT2D eigenvalue weighted by atomic mass is 10.0. The lowest BCUT2D eigenvalue weighted by molar-refractivity contribution is -0.111. The number of rotatable bonds is 6. The molecule has 0 aliphatic carbocycles. The third-order valence-electron chi connectivity index (χ3n) is 4.25. The normalized spacial score (nSPS) is 15.1. The highest BCUT2D eigenvalue weighted by Crippen LogP contribution is 2.25. The van der Waals surface area contributed by atoms with E-state index in [1.54, 1.807) is 21.7 Å². The van der Waals surface area contributed by atoms with Crippen LogP contribution in [0.25, 0.3) is 6.08 Å². The molecule has 26 heavy (non-hydrogen) atoms. The molecule has 2 aromatic rings. The molecule has 1 aliphatic heterocycles. The van der Waals surface area contributed by atoms with Gasteiger partial charge in [-0.3, -0.25) is 4.79 Å². The number of nitrogens with one attached hydrogen (secondary N) is 1. The van der Waals surface area contributed by atoms with E-state index in [4.69, 9.17) is 0 Å². The number of anilines is 1. The van der Waals surface area contributed by atoms with Crippen LogP contribution in [0.3, 0.4) is 0 Å². The van der Waals surface area contributed by atoms with Crippen molar-refractivity contribution in [3.05, 3.63) is 57.8 Å². The van der Waals surface area contributed by atoms with Crippen LogP contribution in [0.1, 0.15) is 29.3 Å². The minimum atomic E-state index is -3.21. The van der Waals surface area contributed by atoms with Crippen molar-refractivity contribution < 1.29 is 13.2 Å². The molecule has 138 valence electrons. The number of carbonyl (C=O) groups is 1. The zero-order chi connectivity index (χ0) is 18.6. The van der Waals surface area contributed by atoms with Gasteiger partial charge in [-0.1, -0.05) is 19.1 Å². The second kappa shape index (κ2) is 8.16. The predicted octanol–water partition coefficient (Wildman–Crippen LogP) is 3.50. The van der Waals surface area contributed by atoms with E-state index in [0.717, 1.165) is 16.0 Å². The van der Waals surface area contributed by atoms with Crippen molar-refractivity contribution in [3.63, 3.8) is 0 Å². The summed E-state index contributed by atoms with van der Waals surface area (Å²) in [5, 5.41) is 4.80. The van der Waals surface area contributed by atoms with Crippen molar-refractivity contribution in [3.8, 4) is 0 Å². The first-order valence-corrected chi connectivity index (χ1v) is 11.1. The minimum absolute atomic E-state index is 0.173. The molecule has 0 fully saturated rings. The van der Waals surface area contributed by atoms with Crippen molar-refractivity contribution in [2.24, 2.45) is 0 Å². The standard InChI is InChI=1S/C19H22N2O3S2/c1-2-12-26(23,24)21-10-9-15-5-6-17(13-16(15)14-21)20-19(22)8-7-18-4-3-11-25-18/h3-8,11,13H,2,9-10,12,14H2,1H3,(H,20,22)/b8-7+. The molecule has 5 nitrogen and oxygen atoms in total. The average Bonchev–Trinajstić information content (AvgIpc) is 3.13. The summed E-state index contributed by atoms with van der Waals surface area (Å²) in [7, 11) is -3.21. The molecule has 0 bridgehead atoms. The summed E-state index contributed by atoms with van der Waals surface area (Å²) < 4.78 is 26.2. The zero-order valence-corrected chi connectivity index (χ0v) is 16.3. The summed E-state index contributed by atoms with van der Waals surface area (Å²) >= 11 is 1.57. The van der Waals surface area contributed by atoms with Crippen LogP contribution in [-0.2, 0) is 27.8 Å². The fourth-order valence-corrected chi connectivity index (χ4v) is 5.06. The molecule has 3 rings (SSSR count). The third kappa shape index (κ3) is 4.60. The van der Waals surface area contributed by atoms with Gasteiger partial charge < -0.3 is 5.32 Å². The molecule has 7 heteroatoms. The summed E-state index contributed by atoms with van der Waals surface area (Å²) in [6.07, 6.45) is 4.59. The van der Waals surface area contributed by atoms with Crippen LogP contribution in [0.15, 0.2) is 41.8 Å². The summed E-state index contributed by atoms with van der Waals surface area (Å²) in [6, 6.07) is 9.59. The number of hydrogen-bond donors (Lipinski definition) is 1. The van der Waals surface area contributed by atoms with Gasteiger partial charge in [0, 0.05) is 29.7 Å². The first-order chi connectivity index (χ1) is 12.5. The van der Waals surface area contributed by atoms with E-state index >= 15 is 0 Å². The van der Waals surface area contributed by atoms with Gasteiger partial charge in [0.1, 0.15) is 0 Å². The van der Waals surface area contributed by atoms with Crippen LogP contribution in [0, 0.1) is 0 Å². The number of nitrogens with zero attached hydrogens (tertiary/aromatic N) is 1. The highest BCUT2D eigenvalue weighted by Gasteiger charge is 2.26. The van der Waals surface area contributed by atoms with Crippen molar-refractivity contribution in [1.82, 2.24) is 4.31 Å². The van der Waals surface area contributed by atoms with Crippen LogP contribution in [0.5, 0.6) is 0 Å². The smallest absolute Gasteiger partial charge is 0.248 e. The van der Waals surface area contributed by atoms with Crippen molar-refractivity contribution in [1.29, 1.82) is 0 Å². The van der Waals surface area contributed by atoms with E-state index < -0.39 is 10.0 Å². The fourth-order valence-electron chi connectivity index (χ4n) is 2.96. The van der Waals surface area contributed by atoms with Crippen LogP contribution in [0.4, 0.5) is 5.69 Å². The van der Waals surface area contributed by atoms with E-state index in [1.165, 1.54) is 6.08 Å². The number of fused-ring (bicyclic) bond motifs is 1. The van der Waals surface area contributed by atoms with E-state index in [-0.39, 0.29) is 11.7 Å². The SMILES string of the molecule is CCCS(=O)(=O)N1CCc2ccc(NC(=O)/C=C/c3cccs3)cc2C1. The Hall–Kier alpha value is -1.96. The molecular formula is C19H22N2O3S2. The van der Waals surface area contributed by atoms with Crippen LogP contribution in [0.2, 0.25) is 0 Å². The molecule has 0 saturated carbocycles. The van der Waals surface area contributed by atoms with Gasteiger partial charge in [-0.05, 0) is 53.6 Å². The number of amides is 1. The molecule has 2 heterocycles. The van der Waals surface area contributed by atoms with Crippen LogP contribution < -0.4 is 5.32 Å². The lowest BCUT2D eigenvalue weighted by Gasteiger charge is -2.28. The highest BCUT2D eigenvalue weighted by atomic mass is 32.2. The quantitative estimate of drug-likeness (QED) is 0.768. The molecular weight excluding hydrogens is 368 g/mol. The maximum absolute atomic E-state index is 12.3. The Morgan fingerprint density at radius 3 is 2.88 bits per heavy atom. The van der Waals surface area contributed by atoms with Crippen molar-refractivity contribution >= 4 is 39.0 Å². The monoisotopic (exact) mass is 390 g/mol. The third-order valence-corrected chi connectivity index (χ3v) is 7.11. The topological polar surface area (TPSA) is 66.5 Å². The van der Waals surface area contributed by atoms with Gasteiger partial charge in [0.05, 0.1) is 5.75 Å². The Morgan fingerprint density at radius 1 is 1.31 bits per heavy atom. The molecule has 1 aromatic carbocycles. The predicted molar refractivity (Wildman–Crippen MR) is 107 cm³/mol. The maximum atomic E-state index is 12.3. The van der Waals surface area contributed by atoms with E-state index in [0.29, 0.717) is 31.6 Å². The van der Waals surface area contributed by atoms with Gasteiger partial charge in [-0.25, -0.2) is 8.42 Å². The molecule has 1 aromatic heterocycles.